The van der Waals surface area contributed by atoms with Crippen molar-refractivity contribution in [3.8, 4) is 11.5 Å². The Morgan fingerprint density at radius 1 is 1.14 bits per heavy atom. The number of ether oxygens (including phenoxy) is 2. The first-order valence-corrected chi connectivity index (χ1v) is 7.31. The first-order chi connectivity index (χ1) is 10.0. The van der Waals surface area contributed by atoms with E-state index in [0.29, 0.717) is 27.5 Å². The van der Waals surface area contributed by atoms with Crippen LogP contribution in [0.3, 0.4) is 0 Å². The summed E-state index contributed by atoms with van der Waals surface area (Å²) in [5.41, 5.74) is 1.54. The van der Waals surface area contributed by atoms with Crippen LogP contribution in [0.1, 0.15) is 5.56 Å². The van der Waals surface area contributed by atoms with Crippen molar-refractivity contribution in [1.29, 1.82) is 0 Å². The normalized spacial score (nSPS) is 10.3. The lowest BCUT2D eigenvalue weighted by atomic mass is 10.2. The molecule has 0 heterocycles. The molecule has 3 nitrogen and oxygen atoms in total. The summed E-state index contributed by atoms with van der Waals surface area (Å²) in [6, 6.07) is 8.39. The zero-order valence-corrected chi connectivity index (χ0v) is 13.9. The molecule has 0 unspecified atom stereocenters. The minimum atomic E-state index is -0.296. The maximum absolute atomic E-state index is 13.5. The standard InChI is InChI=1S/C15H14BrClFNO2/c1-20-14-7-13(15(21-2)6-11(14)17)19-8-9-3-4-10(16)12(18)5-9/h3-7,19H,8H2,1-2H3. The van der Waals surface area contributed by atoms with Crippen molar-refractivity contribution in [3.63, 3.8) is 0 Å². The van der Waals surface area contributed by atoms with E-state index < -0.39 is 0 Å². The van der Waals surface area contributed by atoms with Gasteiger partial charge in [0.15, 0.2) is 0 Å². The van der Waals surface area contributed by atoms with Crippen molar-refractivity contribution in [1.82, 2.24) is 0 Å². The first-order valence-electron chi connectivity index (χ1n) is 6.14. The van der Waals surface area contributed by atoms with Crippen LogP contribution in [0, 0.1) is 5.82 Å². The summed E-state index contributed by atoms with van der Waals surface area (Å²) in [6.45, 7) is 0.450. The van der Waals surface area contributed by atoms with Crippen molar-refractivity contribution >= 4 is 33.2 Å². The number of rotatable bonds is 5. The molecule has 2 rings (SSSR count). The first kappa shape index (κ1) is 15.9. The maximum Gasteiger partial charge on any atom is 0.143 e. The molecule has 0 saturated heterocycles. The number of halogens is 3. The SMILES string of the molecule is COc1cc(NCc2ccc(Br)c(F)c2)c(OC)cc1Cl. The number of hydrogen-bond acceptors (Lipinski definition) is 3. The third-order valence-electron chi connectivity index (χ3n) is 2.94. The maximum atomic E-state index is 13.5. The Hall–Kier alpha value is -1.46. The molecule has 0 aromatic heterocycles. The van der Waals surface area contributed by atoms with Crippen LogP contribution in [0.15, 0.2) is 34.8 Å². The summed E-state index contributed by atoms with van der Waals surface area (Å²) in [6.07, 6.45) is 0. The summed E-state index contributed by atoms with van der Waals surface area (Å²) in [7, 11) is 3.10. The zero-order chi connectivity index (χ0) is 15.4. The summed E-state index contributed by atoms with van der Waals surface area (Å²) in [4.78, 5) is 0. The number of hydrogen-bond donors (Lipinski definition) is 1. The third-order valence-corrected chi connectivity index (χ3v) is 3.88. The molecular formula is C15H14BrClFNO2. The Kier molecular flexibility index (Phi) is 5.31. The van der Waals surface area contributed by atoms with E-state index in [4.69, 9.17) is 21.1 Å². The highest BCUT2D eigenvalue weighted by molar-refractivity contribution is 9.10. The predicted octanol–water partition coefficient (Wildman–Crippen LogP) is 4.87. The highest BCUT2D eigenvalue weighted by Gasteiger charge is 2.10. The molecule has 0 bridgehead atoms. The Labute approximate surface area is 136 Å². The van der Waals surface area contributed by atoms with Gasteiger partial charge >= 0.3 is 0 Å². The molecule has 21 heavy (non-hydrogen) atoms. The molecule has 0 aliphatic carbocycles. The summed E-state index contributed by atoms with van der Waals surface area (Å²) < 4.78 is 24.4. The highest BCUT2D eigenvalue weighted by Crippen LogP contribution is 2.36. The molecule has 2 aromatic rings. The monoisotopic (exact) mass is 373 g/mol. The molecule has 2 aromatic carbocycles. The molecule has 0 saturated carbocycles. The number of methoxy groups -OCH3 is 2. The van der Waals surface area contributed by atoms with Gasteiger partial charge in [-0.15, -0.1) is 0 Å². The van der Waals surface area contributed by atoms with Gasteiger partial charge in [-0.25, -0.2) is 4.39 Å². The summed E-state index contributed by atoms with van der Waals surface area (Å²) >= 11 is 9.18. The molecule has 0 fully saturated rings. The fraction of sp³-hybridized carbons (Fsp3) is 0.200. The lowest BCUT2D eigenvalue weighted by Crippen LogP contribution is -2.02. The molecule has 0 amide bonds. The molecule has 0 radical (unpaired) electrons. The Morgan fingerprint density at radius 2 is 1.86 bits per heavy atom. The van der Waals surface area contributed by atoms with Gasteiger partial charge in [0.25, 0.3) is 0 Å². The van der Waals surface area contributed by atoms with Gasteiger partial charge in [0.05, 0.1) is 29.4 Å². The van der Waals surface area contributed by atoms with Crippen LogP contribution in [-0.2, 0) is 6.54 Å². The van der Waals surface area contributed by atoms with Gasteiger partial charge in [-0.1, -0.05) is 17.7 Å². The topological polar surface area (TPSA) is 30.5 Å². The van der Waals surface area contributed by atoms with Gasteiger partial charge in [0.1, 0.15) is 17.3 Å². The second-order valence-corrected chi connectivity index (χ2v) is 5.55. The smallest absolute Gasteiger partial charge is 0.143 e. The minimum Gasteiger partial charge on any atom is -0.495 e. The van der Waals surface area contributed by atoms with Crippen molar-refractivity contribution in [3.05, 3.63) is 51.2 Å². The average Bonchev–Trinajstić information content (AvgIpc) is 2.48. The van der Waals surface area contributed by atoms with Gasteiger partial charge < -0.3 is 14.8 Å². The lowest BCUT2D eigenvalue weighted by molar-refractivity contribution is 0.404. The average molecular weight is 375 g/mol. The quantitative estimate of drug-likeness (QED) is 0.810. The van der Waals surface area contributed by atoms with Gasteiger partial charge in [0, 0.05) is 18.7 Å². The fourth-order valence-corrected chi connectivity index (χ4v) is 2.32. The van der Waals surface area contributed by atoms with Crippen LogP contribution in [0.4, 0.5) is 10.1 Å². The molecule has 0 atom stereocenters. The van der Waals surface area contributed by atoms with Crippen molar-refractivity contribution in [2.45, 2.75) is 6.54 Å². The lowest BCUT2D eigenvalue weighted by Gasteiger charge is -2.14. The molecule has 0 aliphatic heterocycles. The van der Waals surface area contributed by atoms with E-state index in [1.54, 1.807) is 32.4 Å². The summed E-state index contributed by atoms with van der Waals surface area (Å²) in [5.74, 6) is 0.843. The van der Waals surface area contributed by atoms with E-state index in [1.807, 2.05) is 6.07 Å². The molecule has 112 valence electrons. The second-order valence-electron chi connectivity index (χ2n) is 4.29. The molecular weight excluding hydrogens is 361 g/mol. The number of benzene rings is 2. The van der Waals surface area contributed by atoms with E-state index in [1.165, 1.54) is 6.07 Å². The molecule has 0 spiro atoms. The van der Waals surface area contributed by atoms with Crippen LogP contribution in [0.2, 0.25) is 5.02 Å². The van der Waals surface area contributed by atoms with Gasteiger partial charge in [-0.2, -0.15) is 0 Å². The largest absolute Gasteiger partial charge is 0.495 e. The van der Waals surface area contributed by atoms with Crippen molar-refractivity contribution < 1.29 is 13.9 Å². The number of anilines is 1. The van der Waals surface area contributed by atoms with Crippen LogP contribution >= 0.6 is 27.5 Å². The van der Waals surface area contributed by atoms with Crippen molar-refractivity contribution in [2.75, 3.05) is 19.5 Å². The van der Waals surface area contributed by atoms with Crippen LogP contribution in [-0.4, -0.2) is 14.2 Å². The highest BCUT2D eigenvalue weighted by atomic mass is 79.9. The van der Waals surface area contributed by atoms with E-state index in [2.05, 4.69) is 21.2 Å². The zero-order valence-electron chi connectivity index (χ0n) is 11.5. The van der Waals surface area contributed by atoms with Gasteiger partial charge in [-0.3, -0.25) is 0 Å². The molecule has 0 aliphatic rings. The van der Waals surface area contributed by atoms with Crippen molar-refractivity contribution in [2.24, 2.45) is 0 Å². The van der Waals surface area contributed by atoms with Gasteiger partial charge in [0.2, 0.25) is 0 Å². The van der Waals surface area contributed by atoms with E-state index >= 15 is 0 Å². The van der Waals surface area contributed by atoms with Crippen LogP contribution < -0.4 is 14.8 Å². The Morgan fingerprint density at radius 3 is 2.48 bits per heavy atom. The van der Waals surface area contributed by atoms with E-state index in [0.717, 1.165) is 11.3 Å². The Balaban J connectivity index is 2.20. The third kappa shape index (κ3) is 3.80. The summed E-state index contributed by atoms with van der Waals surface area (Å²) in [5, 5.41) is 3.65. The molecule has 1 N–H and O–H groups in total. The van der Waals surface area contributed by atoms with E-state index in [-0.39, 0.29) is 5.82 Å². The predicted molar refractivity (Wildman–Crippen MR) is 86.0 cm³/mol. The van der Waals surface area contributed by atoms with Crippen LogP contribution in [0.5, 0.6) is 11.5 Å². The minimum absolute atomic E-state index is 0.296. The molecule has 6 heteroatoms. The van der Waals surface area contributed by atoms with E-state index in [9.17, 15) is 4.39 Å². The van der Waals surface area contributed by atoms with Crippen LogP contribution in [0.25, 0.3) is 0 Å². The fourth-order valence-electron chi connectivity index (χ4n) is 1.85. The Bertz CT molecular complexity index is 652. The number of nitrogens with one attached hydrogen (secondary N) is 1. The van der Waals surface area contributed by atoms with Gasteiger partial charge in [-0.05, 0) is 33.6 Å². The second kappa shape index (κ2) is 7.00.